The number of piperidine rings is 1. The molecule has 3 aromatic rings. The van der Waals surface area contributed by atoms with Gasteiger partial charge < -0.3 is 5.32 Å². The molecule has 4 rings (SSSR count). The lowest BCUT2D eigenvalue weighted by Gasteiger charge is -2.29. The summed E-state index contributed by atoms with van der Waals surface area (Å²) < 4.78 is 26.7. The highest BCUT2D eigenvalue weighted by Gasteiger charge is 2.29. The summed E-state index contributed by atoms with van der Waals surface area (Å²) in [5.41, 5.74) is 1.82. The quantitative estimate of drug-likeness (QED) is 0.532. The molecule has 1 amide bonds. The number of carbonyl (C=O) groups is 1. The summed E-state index contributed by atoms with van der Waals surface area (Å²) in [6.07, 6.45) is 2.66. The van der Waals surface area contributed by atoms with Crippen LogP contribution in [-0.2, 0) is 21.4 Å². The lowest BCUT2D eigenvalue weighted by Crippen LogP contribution is -2.42. The molecule has 0 unspecified atom stereocenters. The van der Waals surface area contributed by atoms with Gasteiger partial charge in [-0.15, -0.1) is 22.7 Å². The average Bonchev–Trinajstić information content (AvgIpc) is 3.46. The highest BCUT2D eigenvalue weighted by atomic mass is 32.2. The Bertz CT molecular complexity index is 1190. The van der Waals surface area contributed by atoms with Crippen molar-refractivity contribution in [1.29, 1.82) is 0 Å². The summed E-state index contributed by atoms with van der Waals surface area (Å²) in [5, 5.41) is 7.34. The molecule has 1 aliphatic heterocycles. The molecule has 0 saturated carbocycles. The van der Waals surface area contributed by atoms with E-state index in [1.54, 1.807) is 28.7 Å². The number of nitrogens with one attached hydrogen (secondary N) is 1. The fraction of sp³-hybridized carbons (Fsp3) is 0.304. The first kappa shape index (κ1) is 22.8. The van der Waals surface area contributed by atoms with E-state index in [-0.39, 0.29) is 11.8 Å². The molecule has 0 bridgehead atoms. The molecule has 0 atom stereocenters. The minimum Gasteiger partial charge on any atom is -0.351 e. The number of rotatable bonds is 7. The third kappa shape index (κ3) is 5.72. The van der Waals surface area contributed by atoms with Crippen LogP contribution in [0.2, 0.25) is 0 Å². The van der Waals surface area contributed by atoms with Gasteiger partial charge in [-0.2, -0.15) is 4.31 Å². The number of aryl methyl sites for hydroxylation is 1. The first-order chi connectivity index (χ1) is 15.4. The number of carbonyl (C=O) groups excluding carboxylic acids is 1. The summed E-state index contributed by atoms with van der Waals surface area (Å²) in [6, 6.07) is 13.4. The Morgan fingerprint density at radius 1 is 1.19 bits per heavy atom. The minimum atomic E-state index is -3.49. The fourth-order valence-electron chi connectivity index (χ4n) is 3.59. The number of sulfonamides is 1. The van der Waals surface area contributed by atoms with Crippen molar-refractivity contribution in [3.63, 3.8) is 0 Å². The second-order valence-electron chi connectivity index (χ2n) is 7.67. The van der Waals surface area contributed by atoms with Gasteiger partial charge in [0.05, 0.1) is 22.1 Å². The second kappa shape index (κ2) is 10.1. The van der Waals surface area contributed by atoms with Crippen LogP contribution in [0.15, 0.2) is 53.3 Å². The van der Waals surface area contributed by atoms with E-state index >= 15 is 0 Å². The van der Waals surface area contributed by atoms with Crippen LogP contribution in [0.4, 0.5) is 0 Å². The normalized spacial score (nSPS) is 15.9. The summed E-state index contributed by atoms with van der Waals surface area (Å²) >= 11 is 3.25. The zero-order valence-electron chi connectivity index (χ0n) is 17.7. The molecule has 168 valence electrons. The van der Waals surface area contributed by atoms with E-state index in [0.29, 0.717) is 32.5 Å². The van der Waals surface area contributed by atoms with Crippen LogP contribution in [0.25, 0.3) is 16.6 Å². The maximum Gasteiger partial charge on any atom is 0.236 e. The third-order valence-electron chi connectivity index (χ3n) is 5.39. The Morgan fingerprint density at radius 3 is 2.62 bits per heavy atom. The Morgan fingerprint density at radius 2 is 1.94 bits per heavy atom. The molecular formula is C23H25N3O3S3. The SMILES string of the molecule is Cc1nc(-c2ccc(CNC(=O)C3CCN(S(=O)(=O)/C=C/c4ccccc4)CC3)s2)cs1. The number of thiazole rings is 1. The summed E-state index contributed by atoms with van der Waals surface area (Å²) in [4.78, 5) is 19.3. The van der Waals surface area contributed by atoms with Crippen molar-refractivity contribution in [3.05, 3.63) is 68.7 Å². The molecule has 1 fully saturated rings. The monoisotopic (exact) mass is 487 g/mol. The van der Waals surface area contributed by atoms with E-state index in [0.717, 1.165) is 26.0 Å². The molecule has 1 N–H and O–H groups in total. The van der Waals surface area contributed by atoms with Gasteiger partial charge >= 0.3 is 0 Å². The third-order valence-corrected chi connectivity index (χ3v) is 8.83. The van der Waals surface area contributed by atoms with Gasteiger partial charge in [0.2, 0.25) is 15.9 Å². The van der Waals surface area contributed by atoms with E-state index in [2.05, 4.69) is 10.3 Å². The van der Waals surface area contributed by atoms with E-state index in [4.69, 9.17) is 0 Å². The zero-order chi connectivity index (χ0) is 22.6. The van der Waals surface area contributed by atoms with Gasteiger partial charge in [0.25, 0.3) is 0 Å². The lowest BCUT2D eigenvalue weighted by molar-refractivity contribution is -0.126. The highest BCUT2D eigenvalue weighted by Crippen LogP contribution is 2.29. The van der Waals surface area contributed by atoms with E-state index in [1.165, 1.54) is 9.71 Å². The lowest BCUT2D eigenvalue weighted by atomic mass is 9.97. The van der Waals surface area contributed by atoms with E-state index in [9.17, 15) is 13.2 Å². The largest absolute Gasteiger partial charge is 0.351 e. The highest BCUT2D eigenvalue weighted by molar-refractivity contribution is 7.92. The first-order valence-electron chi connectivity index (χ1n) is 10.4. The van der Waals surface area contributed by atoms with Crippen LogP contribution < -0.4 is 5.32 Å². The smallest absolute Gasteiger partial charge is 0.236 e. The van der Waals surface area contributed by atoms with Gasteiger partial charge in [0.1, 0.15) is 0 Å². The van der Waals surface area contributed by atoms with Gasteiger partial charge in [-0.05, 0) is 43.5 Å². The number of thiophene rings is 1. The number of nitrogens with zero attached hydrogens (tertiary/aromatic N) is 2. The Labute approximate surface area is 196 Å². The molecule has 3 heterocycles. The topological polar surface area (TPSA) is 79.4 Å². The van der Waals surface area contributed by atoms with Crippen molar-refractivity contribution in [2.75, 3.05) is 13.1 Å². The molecule has 9 heteroatoms. The maximum atomic E-state index is 12.6. The number of benzene rings is 1. The maximum absolute atomic E-state index is 12.6. The zero-order valence-corrected chi connectivity index (χ0v) is 20.2. The molecule has 1 saturated heterocycles. The van der Waals surface area contributed by atoms with Crippen molar-refractivity contribution < 1.29 is 13.2 Å². The van der Waals surface area contributed by atoms with Gasteiger partial charge in [0, 0.05) is 34.7 Å². The van der Waals surface area contributed by atoms with Crippen LogP contribution in [0.3, 0.4) is 0 Å². The first-order valence-corrected chi connectivity index (χ1v) is 13.6. The Kier molecular flexibility index (Phi) is 7.20. The molecule has 0 radical (unpaired) electrons. The van der Waals surface area contributed by atoms with Gasteiger partial charge in [-0.1, -0.05) is 30.3 Å². The fourth-order valence-corrected chi connectivity index (χ4v) is 6.41. The van der Waals surface area contributed by atoms with Crippen molar-refractivity contribution >= 4 is 44.7 Å². The number of hydrogen-bond donors (Lipinski definition) is 1. The number of amides is 1. The summed E-state index contributed by atoms with van der Waals surface area (Å²) in [7, 11) is -3.49. The molecule has 0 aliphatic carbocycles. The van der Waals surface area contributed by atoms with Crippen LogP contribution in [0, 0.1) is 12.8 Å². The van der Waals surface area contributed by atoms with E-state index in [1.807, 2.05) is 54.8 Å². The number of hydrogen-bond acceptors (Lipinski definition) is 6. The standard InChI is InChI=1S/C23H25N3O3S3/c1-17-25-21(16-30-17)22-8-7-20(31-22)15-24-23(27)19-9-12-26(13-10-19)32(28,29)14-11-18-5-3-2-4-6-18/h2-8,11,14,16,19H,9-10,12-13,15H2,1H3,(H,24,27)/b14-11+. The minimum absolute atomic E-state index is 0.0127. The molecule has 6 nitrogen and oxygen atoms in total. The van der Waals surface area contributed by atoms with Crippen LogP contribution >= 0.6 is 22.7 Å². The molecule has 2 aromatic heterocycles. The molecule has 1 aromatic carbocycles. The molecule has 0 spiro atoms. The van der Waals surface area contributed by atoms with E-state index < -0.39 is 10.0 Å². The average molecular weight is 488 g/mol. The van der Waals surface area contributed by atoms with Crippen LogP contribution in [0.5, 0.6) is 0 Å². The van der Waals surface area contributed by atoms with Crippen LogP contribution in [0.1, 0.15) is 28.3 Å². The van der Waals surface area contributed by atoms with Crippen molar-refractivity contribution in [3.8, 4) is 10.6 Å². The Balaban J connectivity index is 1.26. The molecular weight excluding hydrogens is 462 g/mol. The van der Waals surface area contributed by atoms with Gasteiger partial charge in [-0.25, -0.2) is 13.4 Å². The van der Waals surface area contributed by atoms with Crippen molar-refractivity contribution in [1.82, 2.24) is 14.6 Å². The molecule has 1 aliphatic rings. The Hall–Kier alpha value is -2.33. The number of aromatic nitrogens is 1. The predicted octanol–water partition coefficient (Wildman–Crippen LogP) is 4.51. The van der Waals surface area contributed by atoms with Crippen LogP contribution in [-0.4, -0.2) is 36.7 Å². The van der Waals surface area contributed by atoms with Gasteiger partial charge in [0.15, 0.2) is 0 Å². The molecule has 32 heavy (non-hydrogen) atoms. The van der Waals surface area contributed by atoms with Crippen molar-refractivity contribution in [2.24, 2.45) is 5.92 Å². The van der Waals surface area contributed by atoms with Gasteiger partial charge in [-0.3, -0.25) is 4.79 Å². The predicted molar refractivity (Wildman–Crippen MR) is 131 cm³/mol. The summed E-state index contributed by atoms with van der Waals surface area (Å²) in [5.74, 6) is -0.179. The second-order valence-corrected chi connectivity index (χ2v) is 11.7. The van der Waals surface area contributed by atoms with Crippen molar-refractivity contribution in [2.45, 2.75) is 26.3 Å². The summed E-state index contributed by atoms with van der Waals surface area (Å²) in [6.45, 7) is 3.17.